The number of aliphatic hydroxyl groups is 7. The molecule has 10 nitrogen and oxygen atoms in total. The number of carbonyl (C=O) groups excluding carboxylic acids is 1. The summed E-state index contributed by atoms with van der Waals surface area (Å²) in [6, 6.07) is 0. The highest BCUT2D eigenvalue weighted by molar-refractivity contribution is 5.79. The van der Waals surface area contributed by atoms with Crippen molar-refractivity contribution in [2.45, 2.75) is 142 Å². The zero-order valence-corrected chi connectivity index (χ0v) is 28.5. The smallest absolute Gasteiger partial charge is 0.315 e. The van der Waals surface area contributed by atoms with Gasteiger partial charge >= 0.3 is 5.97 Å². The molecule has 0 unspecified atom stereocenters. The van der Waals surface area contributed by atoms with Gasteiger partial charge in [-0.25, -0.2) is 0 Å². The van der Waals surface area contributed by atoms with E-state index in [0.29, 0.717) is 38.0 Å². The number of ether oxygens (including phenoxy) is 2. The fourth-order valence-corrected chi connectivity index (χ4v) is 12.3. The Labute approximate surface area is 273 Å². The second-order valence-corrected chi connectivity index (χ2v) is 17.4. The van der Waals surface area contributed by atoms with Crippen LogP contribution in [0.15, 0.2) is 11.6 Å². The zero-order valence-electron chi connectivity index (χ0n) is 28.5. The van der Waals surface area contributed by atoms with Crippen LogP contribution in [0.25, 0.3) is 0 Å². The molecule has 0 aromatic rings. The van der Waals surface area contributed by atoms with Gasteiger partial charge in [0, 0.05) is 11.3 Å². The summed E-state index contributed by atoms with van der Waals surface area (Å²) >= 11 is 0. The first kappa shape index (κ1) is 34.7. The number of rotatable bonds is 4. The van der Waals surface area contributed by atoms with Crippen LogP contribution in [0.4, 0.5) is 0 Å². The van der Waals surface area contributed by atoms with Crippen LogP contribution >= 0.6 is 0 Å². The molecule has 5 fully saturated rings. The average Bonchev–Trinajstić information content (AvgIpc) is 3.01. The molecule has 262 valence electrons. The normalized spacial score (nSPS) is 56.8. The summed E-state index contributed by atoms with van der Waals surface area (Å²) in [7, 11) is 0. The predicted octanol–water partition coefficient (Wildman–Crippen LogP) is 2.44. The van der Waals surface area contributed by atoms with Crippen molar-refractivity contribution in [1.82, 2.24) is 0 Å². The molecular weight excluding hydrogens is 592 g/mol. The number of esters is 1. The summed E-state index contributed by atoms with van der Waals surface area (Å²) in [6.07, 6.45) is 0.492. The van der Waals surface area contributed by atoms with Crippen molar-refractivity contribution >= 4 is 5.97 Å². The summed E-state index contributed by atoms with van der Waals surface area (Å²) in [4.78, 5) is 14.5. The Kier molecular flexibility index (Phi) is 8.46. The highest BCUT2D eigenvalue weighted by Gasteiger charge is 2.72. The van der Waals surface area contributed by atoms with E-state index >= 15 is 0 Å². The van der Waals surface area contributed by atoms with E-state index in [1.54, 1.807) is 0 Å². The van der Waals surface area contributed by atoms with Gasteiger partial charge in [-0.15, -0.1) is 0 Å². The number of hydrogen-bond donors (Lipinski definition) is 7. The third-order valence-electron chi connectivity index (χ3n) is 15.7. The lowest BCUT2D eigenvalue weighted by Crippen LogP contribution is -2.68. The van der Waals surface area contributed by atoms with E-state index in [4.69, 9.17) is 9.47 Å². The molecule has 1 saturated heterocycles. The highest BCUT2D eigenvalue weighted by Crippen LogP contribution is 2.76. The van der Waals surface area contributed by atoms with E-state index in [0.717, 1.165) is 31.3 Å². The number of aliphatic hydroxyl groups excluding tert-OH is 6. The molecular formula is C36H58O10. The van der Waals surface area contributed by atoms with Crippen molar-refractivity contribution in [2.24, 2.45) is 50.7 Å². The van der Waals surface area contributed by atoms with Crippen molar-refractivity contribution in [3.05, 3.63) is 11.6 Å². The Hall–Kier alpha value is -1.11. The molecule has 7 N–H and O–H groups in total. The first-order chi connectivity index (χ1) is 21.4. The van der Waals surface area contributed by atoms with Gasteiger partial charge in [-0.3, -0.25) is 4.79 Å². The molecule has 1 heterocycles. The van der Waals surface area contributed by atoms with Gasteiger partial charge in [0.2, 0.25) is 6.29 Å². The predicted molar refractivity (Wildman–Crippen MR) is 168 cm³/mol. The molecule has 0 amide bonds. The van der Waals surface area contributed by atoms with E-state index in [1.165, 1.54) is 0 Å². The minimum absolute atomic E-state index is 0.0435. The van der Waals surface area contributed by atoms with Crippen molar-refractivity contribution in [1.29, 1.82) is 0 Å². The summed E-state index contributed by atoms with van der Waals surface area (Å²) < 4.78 is 11.5. The molecule has 16 atom stereocenters. The lowest BCUT2D eigenvalue weighted by atomic mass is 9.33. The maximum atomic E-state index is 14.5. The Bertz CT molecular complexity index is 1240. The molecule has 46 heavy (non-hydrogen) atoms. The van der Waals surface area contributed by atoms with E-state index in [1.807, 2.05) is 20.8 Å². The minimum Gasteiger partial charge on any atom is -0.432 e. The van der Waals surface area contributed by atoms with Crippen LogP contribution in [0.3, 0.4) is 0 Å². The lowest BCUT2D eigenvalue weighted by molar-refractivity contribution is -0.299. The zero-order chi connectivity index (χ0) is 33.8. The van der Waals surface area contributed by atoms with E-state index in [9.17, 15) is 40.5 Å². The summed E-state index contributed by atoms with van der Waals surface area (Å²) in [6.45, 7) is 12.3. The average molecular weight is 651 g/mol. The fourth-order valence-electron chi connectivity index (χ4n) is 12.3. The Morgan fingerprint density at radius 1 is 0.891 bits per heavy atom. The maximum absolute atomic E-state index is 14.5. The molecule has 5 aliphatic carbocycles. The molecule has 6 aliphatic rings. The van der Waals surface area contributed by atoms with Crippen molar-refractivity contribution in [2.75, 3.05) is 13.2 Å². The van der Waals surface area contributed by atoms with Gasteiger partial charge in [0.1, 0.15) is 24.4 Å². The van der Waals surface area contributed by atoms with Gasteiger partial charge in [0.25, 0.3) is 0 Å². The Morgan fingerprint density at radius 2 is 1.59 bits per heavy atom. The number of fused-ring (bicyclic) bond motifs is 7. The molecule has 0 aromatic carbocycles. The molecule has 10 heteroatoms. The molecule has 4 saturated carbocycles. The van der Waals surface area contributed by atoms with Gasteiger partial charge in [-0.05, 0) is 98.7 Å². The second kappa shape index (κ2) is 11.2. The molecule has 0 radical (unpaired) electrons. The largest absolute Gasteiger partial charge is 0.432 e. The van der Waals surface area contributed by atoms with Crippen LogP contribution in [0.2, 0.25) is 0 Å². The maximum Gasteiger partial charge on any atom is 0.315 e. The Morgan fingerprint density at radius 3 is 2.24 bits per heavy atom. The highest BCUT2D eigenvalue weighted by atomic mass is 16.7. The molecule has 1 aliphatic heterocycles. The Balaban J connectivity index is 1.39. The number of hydrogen-bond acceptors (Lipinski definition) is 10. The van der Waals surface area contributed by atoms with Gasteiger partial charge < -0.3 is 45.2 Å². The van der Waals surface area contributed by atoms with Gasteiger partial charge in [0.15, 0.2) is 0 Å². The van der Waals surface area contributed by atoms with Crippen LogP contribution in [-0.2, 0) is 14.3 Å². The summed E-state index contributed by atoms with van der Waals surface area (Å²) in [5.41, 5.74) is -2.34. The van der Waals surface area contributed by atoms with Crippen LogP contribution in [0.1, 0.15) is 99.3 Å². The molecule has 6 rings (SSSR count). The lowest BCUT2D eigenvalue weighted by Gasteiger charge is -2.72. The third kappa shape index (κ3) is 4.39. The van der Waals surface area contributed by atoms with Crippen LogP contribution in [0, 0.1) is 50.7 Å². The molecule has 0 aromatic heterocycles. The SMILES string of the molecule is C[C@@H]1CC[C@]2(C(=O)O[C@@H]3O[C@H](CO)[C@@H](O)[C@H](O)[C@H]3O)CC[C@]3(C)C(=CC[C@@H]4[C@@]5(C)CC[C@H](O)[C@@](C)(CO)[C@@H]5CC[C@]43C)[C@@H]2[C@]1(C)O. The van der Waals surface area contributed by atoms with Crippen LogP contribution in [0.5, 0.6) is 0 Å². The fraction of sp³-hybridized carbons (Fsp3) is 0.917. The standard InChI is InChI=1S/C36H58O10/c1-19-9-14-36(30(43)46-29-27(42)26(41)25(40)21(17-37)45-29)16-15-33(4)20(28(36)35(19,6)44)7-8-23-31(2)12-11-24(39)32(3,18-38)22(31)10-13-34(23,33)5/h7,19,21-29,37-42,44H,8-18H2,1-6H3/t19-,21-,22-,23-,24+,25-,26+,27-,28-,29+,31+,32+,33-,34-,35-,36+/m1/s1. The van der Waals surface area contributed by atoms with E-state index in [2.05, 4.69) is 26.8 Å². The van der Waals surface area contributed by atoms with Gasteiger partial charge in [-0.1, -0.05) is 46.3 Å². The van der Waals surface area contributed by atoms with Crippen LogP contribution < -0.4 is 0 Å². The van der Waals surface area contributed by atoms with Gasteiger partial charge in [0.05, 0.1) is 30.3 Å². The quantitative estimate of drug-likeness (QED) is 0.177. The second-order valence-electron chi connectivity index (χ2n) is 17.4. The van der Waals surface area contributed by atoms with E-state index in [-0.39, 0.29) is 34.7 Å². The van der Waals surface area contributed by atoms with Crippen molar-refractivity contribution in [3.63, 3.8) is 0 Å². The molecule has 0 spiro atoms. The number of allylic oxidation sites excluding steroid dienone is 1. The first-order valence-electron chi connectivity index (χ1n) is 17.6. The monoisotopic (exact) mass is 650 g/mol. The topological polar surface area (TPSA) is 177 Å². The van der Waals surface area contributed by atoms with Gasteiger partial charge in [-0.2, -0.15) is 0 Å². The van der Waals surface area contributed by atoms with Crippen molar-refractivity contribution in [3.8, 4) is 0 Å². The first-order valence-corrected chi connectivity index (χ1v) is 17.6. The minimum atomic E-state index is -1.70. The van der Waals surface area contributed by atoms with Crippen LogP contribution in [-0.4, -0.2) is 97.3 Å². The van der Waals surface area contributed by atoms with Crippen molar-refractivity contribution < 1.29 is 50.0 Å². The summed E-state index contributed by atoms with van der Waals surface area (Å²) in [5, 5.41) is 75.0. The third-order valence-corrected chi connectivity index (χ3v) is 15.7. The number of carbonyl (C=O) groups is 1. The summed E-state index contributed by atoms with van der Waals surface area (Å²) in [5.74, 6) is -0.749. The molecule has 0 bridgehead atoms. The van der Waals surface area contributed by atoms with E-state index < -0.39 is 71.7 Å².